The Bertz CT molecular complexity index is 672. The van der Waals surface area contributed by atoms with Crippen LogP contribution in [0.15, 0.2) is 30.5 Å². The summed E-state index contributed by atoms with van der Waals surface area (Å²) in [7, 11) is 0. The summed E-state index contributed by atoms with van der Waals surface area (Å²) in [5.41, 5.74) is 1.36. The molecular formula is C15H14N4O. The van der Waals surface area contributed by atoms with E-state index in [1.54, 1.807) is 17.2 Å². The summed E-state index contributed by atoms with van der Waals surface area (Å²) in [5.74, 6) is -0.149. The molecule has 0 saturated carbocycles. The van der Waals surface area contributed by atoms with Crippen LogP contribution in [0.3, 0.4) is 0 Å². The van der Waals surface area contributed by atoms with Crippen LogP contribution in [0, 0.1) is 22.7 Å². The van der Waals surface area contributed by atoms with Crippen molar-refractivity contribution >= 4 is 16.8 Å². The van der Waals surface area contributed by atoms with Gasteiger partial charge in [-0.1, -0.05) is 12.1 Å². The molecule has 0 unspecified atom stereocenters. The Hall–Kier alpha value is -2.79. The van der Waals surface area contributed by atoms with Crippen molar-refractivity contribution in [1.29, 1.82) is 10.5 Å². The lowest BCUT2D eigenvalue weighted by Crippen LogP contribution is -2.32. The van der Waals surface area contributed by atoms with Crippen LogP contribution in [0.5, 0.6) is 0 Å². The van der Waals surface area contributed by atoms with E-state index in [0.29, 0.717) is 18.7 Å². The maximum absolute atomic E-state index is 12.6. The van der Waals surface area contributed by atoms with Crippen molar-refractivity contribution in [1.82, 2.24) is 9.88 Å². The minimum absolute atomic E-state index is 0.149. The number of hydrogen-bond donors (Lipinski definition) is 1. The molecule has 5 heteroatoms. The van der Waals surface area contributed by atoms with Crippen molar-refractivity contribution in [2.45, 2.75) is 12.8 Å². The molecule has 2 rings (SSSR count). The number of aromatic amines is 1. The number of nitrogens with zero attached hydrogens (tertiary/aromatic N) is 3. The van der Waals surface area contributed by atoms with Crippen LogP contribution in [0.1, 0.15) is 23.2 Å². The molecule has 20 heavy (non-hydrogen) atoms. The number of para-hydroxylation sites is 1. The number of H-pyrrole nitrogens is 1. The van der Waals surface area contributed by atoms with Gasteiger partial charge in [-0.05, 0) is 12.1 Å². The Morgan fingerprint density at radius 2 is 1.85 bits per heavy atom. The number of hydrogen-bond acceptors (Lipinski definition) is 3. The van der Waals surface area contributed by atoms with Crippen LogP contribution < -0.4 is 0 Å². The first-order chi connectivity index (χ1) is 9.77. The SMILES string of the molecule is N#CCCN(CCC#N)C(=O)c1cccc2cc[nH]c12. The normalized spacial score (nSPS) is 9.90. The van der Waals surface area contributed by atoms with E-state index in [1.807, 2.05) is 30.3 Å². The van der Waals surface area contributed by atoms with Crippen LogP contribution in [0.25, 0.3) is 10.9 Å². The summed E-state index contributed by atoms with van der Waals surface area (Å²) >= 11 is 0. The van der Waals surface area contributed by atoms with E-state index in [1.165, 1.54) is 0 Å². The molecule has 1 N–H and O–H groups in total. The Morgan fingerprint density at radius 1 is 1.15 bits per heavy atom. The molecule has 0 aliphatic rings. The molecule has 0 aliphatic heterocycles. The first kappa shape index (κ1) is 13.6. The van der Waals surface area contributed by atoms with E-state index in [2.05, 4.69) is 4.98 Å². The van der Waals surface area contributed by atoms with Gasteiger partial charge >= 0.3 is 0 Å². The molecule has 0 bridgehead atoms. The molecule has 0 radical (unpaired) electrons. The van der Waals surface area contributed by atoms with Gasteiger partial charge in [0.15, 0.2) is 0 Å². The lowest BCUT2D eigenvalue weighted by Gasteiger charge is -2.20. The number of rotatable bonds is 5. The highest BCUT2D eigenvalue weighted by Gasteiger charge is 2.17. The van der Waals surface area contributed by atoms with Gasteiger partial charge in [0.25, 0.3) is 5.91 Å². The largest absolute Gasteiger partial charge is 0.361 e. The van der Waals surface area contributed by atoms with Crippen molar-refractivity contribution in [2.75, 3.05) is 13.1 Å². The highest BCUT2D eigenvalue weighted by Crippen LogP contribution is 2.18. The van der Waals surface area contributed by atoms with Gasteiger partial charge in [-0.25, -0.2) is 0 Å². The molecule has 0 fully saturated rings. The summed E-state index contributed by atoms with van der Waals surface area (Å²) in [6.45, 7) is 0.683. The van der Waals surface area contributed by atoms with Gasteiger partial charge in [-0.2, -0.15) is 10.5 Å². The molecule has 1 aromatic heterocycles. The van der Waals surface area contributed by atoms with Crippen molar-refractivity contribution in [3.63, 3.8) is 0 Å². The third-order valence-corrected chi connectivity index (χ3v) is 3.09. The highest BCUT2D eigenvalue weighted by atomic mass is 16.2. The average Bonchev–Trinajstić information content (AvgIpc) is 2.95. The maximum atomic E-state index is 12.6. The van der Waals surface area contributed by atoms with Gasteiger partial charge in [0, 0.05) is 24.7 Å². The molecule has 0 aliphatic carbocycles. The number of carbonyl (C=O) groups excluding carboxylic acids is 1. The molecule has 0 spiro atoms. The lowest BCUT2D eigenvalue weighted by atomic mass is 10.1. The topological polar surface area (TPSA) is 83.7 Å². The van der Waals surface area contributed by atoms with Crippen molar-refractivity contribution < 1.29 is 4.79 Å². The third-order valence-electron chi connectivity index (χ3n) is 3.09. The first-order valence-electron chi connectivity index (χ1n) is 6.37. The van der Waals surface area contributed by atoms with Crippen molar-refractivity contribution in [2.24, 2.45) is 0 Å². The minimum atomic E-state index is -0.149. The van der Waals surface area contributed by atoms with Gasteiger partial charge in [0.1, 0.15) is 0 Å². The van der Waals surface area contributed by atoms with Crippen LogP contribution >= 0.6 is 0 Å². The van der Waals surface area contributed by atoms with Crippen LogP contribution in [0.4, 0.5) is 0 Å². The monoisotopic (exact) mass is 266 g/mol. The number of aromatic nitrogens is 1. The van der Waals surface area contributed by atoms with Crippen LogP contribution in [-0.2, 0) is 0 Å². The standard InChI is InChI=1S/C15H14N4O/c16-7-2-10-19(11-3-8-17)15(20)13-5-1-4-12-6-9-18-14(12)13/h1,4-6,9,18H,2-3,10-11H2. The molecular weight excluding hydrogens is 252 g/mol. The summed E-state index contributed by atoms with van der Waals surface area (Å²) in [4.78, 5) is 17.2. The molecule has 0 saturated heterocycles. The van der Waals surface area contributed by atoms with Gasteiger partial charge in [0.05, 0.1) is 36.1 Å². The van der Waals surface area contributed by atoms with Crippen LogP contribution in [-0.4, -0.2) is 28.9 Å². The Kier molecular flexibility index (Phi) is 4.36. The Labute approximate surface area is 117 Å². The second kappa shape index (κ2) is 6.40. The maximum Gasteiger partial charge on any atom is 0.256 e. The van der Waals surface area contributed by atoms with Gasteiger partial charge in [0.2, 0.25) is 0 Å². The summed E-state index contributed by atoms with van der Waals surface area (Å²) in [6.07, 6.45) is 2.31. The van der Waals surface area contributed by atoms with Crippen molar-refractivity contribution in [3.8, 4) is 12.1 Å². The Balaban J connectivity index is 2.28. The number of fused-ring (bicyclic) bond motifs is 1. The fraction of sp³-hybridized carbons (Fsp3) is 0.267. The molecule has 1 amide bonds. The summed E-state index contributed by atoms with van der Waals surface area (Å²) in [5, 5.41) is 18.3. The van der Waals surface area contributed by atoms with E-state index >= 15 is 0 Å². The molecule has 1 aromatic carbocycles. The van der Waals surface area contributed by atoms with E-state index in [-0.39, 0.29) is 18.7 Å². The van der Waals surface area contributed by atoms with Gasteiger partial charge < -0.3 is 9.88 Å². The molecule has 1 heterocycles. The number of nitrogens with one attached hydrogen (secondary N) is 1. The molecule has 0 atom stereocenters. The fourth-order valence-corrected chi connectivity index (χ4v) is 2.12. The lowest BCUT2D eigenvalue weighted by molar-refractivity contribution is 0.0764. The van der Waals surface area contributed by atoms with E-state index in [9.17, 15) is 4.79 Å². The third kappa shape index (κ3) is 2.78. The predicted molar refractivity (Wildman–Crippen MR) is 74.7 cm³/mol. The quantitative estimate of drug-likeness (QED) is 0.902. The zero-order valence-corrected chi connectivity index (χ0v) is 11.0. The Morgan fingerprint density at radius 3 is 2.50 bits per heavy atom. The molecule has 100 valence electrons. The predicted octanol–water partition coefficient (Wildman–Crippen LogP) is 2.44. The molecule has 5 nitrogen and oxygen atoms in total. The zero-order chi connectivity index (χ0) is 14.4. The van der Waals surface area contributed by atoms with Crippen LogP contribution in [0.2, 0.25) is 0 Å². The van der Waals surface area contributed by atoms with E-state index in [0.717, 1.165) is 10.9 Å². The van der Waals surface area contributed by atoms with Gasteiger partial charge in [-0.3, -0.25) is 4.79 Å². The van der Waals surface area contributed by atoms with Gasteiger partial charge in [-0.15, -0.1) is 0 Å². The summed E-state index contributed by atoms with van der Waals surface area (Å²) in [6, 6.07) is 11.5. The van der Waals surface area contributed by atoms with E-state index < -0.39 is 0 Å². The average molecular weight is 266 g/mol. The minimum Gasteiger partial charge on any atom is -0.361 e. The summed E-state index contributed by atoms with van der Waals surface area (Å²) < 4.78 is 0. The molecule has 2 aromatic rings. The second-order valence-corrected chi connectivity index (χ2v) is 4.36. The number of amides is 1. The smallest absolute Gasteiger partial charge is 0.256 e. The second-order valence-electron chi connectivity index (χ2n) is 4.36. The first-order valence-corrected chi connectivity index (χ1v) is 6.37. The number of carbonyl (C=O) groups is 1. The fourth-order valence-electron chi connectivity index (χ4n) is 2.12. The number of nitriles is 2. The van der Waals surface area contributed by atoms with Crippen molar-refractivity contribution in [3.05, 3.63) is 36.0 Å². The highest BCUT2D eigenvalue weighted by molar-refractivity contribution is 6.05. The van der Waals surface area contributed by atoms with E-state index in [4.69, 9.17) is 10.5 Å². The number of benzene rings is 1. The zero-order valence-electron chi connectivity index (χ0n) is 11.0.